The van der Waals surface area contributed by atoms with Gasteiger partial charge in [0.2, 0.25) is 16.8 Å². The number of carbonyl (C=O) groups excluding carboxylic acids is 1. The Balaban J connectivity index is 1.34. The second kappa shape index (κ2) is 8.21. The highest BCUT2D eigenvalue weighted by atomic mass is 32.2. The molecular weight excluding hydrogens is 452 g/mol. The number of hydrogen-bond acceptors (Lipinski definition) is 6. The number of fused-ring (bicyclic) bond motifs is 1. The minimum absolute atomic E-state index is 0.157. The normalized spacial score (nSPS) is 16.0. The molecule has 0 spiro atoms. The zero-order valence-electron chi connectivity index (χ0n) is 19.4. The van der Waals surface area contributed by atoms with Crippen LogP contribution in [0.2, 0.25) is 0 Å². The molecule has 8 heteroatoms. The lowest BCUT2D eigenvalue weighted by molar-refractivity contribution is -0.120. The molecule has 1 aromatic heterocycles. The van der Waals surface area contributed by atoms with Crippen LogP contribution in [0.25, 0.3) is 11.1 Å². The van der Waals surface area contributed by atoms with E-state index in [1.807, 2.05) is 31.2 Å². The second-order valence-electron chi connectivity index (χ2n) is 9.05. The zero-order chi connectivity index (χ0) is 24.1. The minimum Gasteiger partial charge on any atom is -0.454 e. The quantitative estimate of drug-likeness (QED) is 0.512. The first kappa shape index (κ1) is 22.6. The number of aryl methyl sites for hydroxylation is 1. The molecule has 3 aromatic rings. The third-order valence-corrected chi connectivity index (χ3v) is 8.49. The van der Waals surface area contributed by atoms with Crippen molar-refractivity contribution in [2.24, 2.45) is 0 Å². The van der Waals surface area contributed by atoms with Gasteiger partial charge in [0.05, 0.1) is 10.3 Å². The fraction of sp³-hybridized carbons (Fsp3) is 0.308. The summed E-state index contributed by atoms with van der Waals surface area (Å²) >= 11 is 0. The molecule has 2 aliphatic rings. The first-order valence-electron chi connectivity index (χ1n) is 11.1. The number of aromatic nitrogens is 1. The summed E-state index contributed by atoms with van der Waals surface area (Å²) in [6, 6.07) is 14.5. The van der Waals surface area contributed by atoms with Gasteiger partial charge in [-0.15, -0.1) is 0 Å². The first-order valence-corrected chi connectivity index (χ1v) is 12.6. The number of hydrogen-bond donors (Lipinski definition) is 0. The number of rotatable bonds is 7. The number of Topliss-reactive ketones (excluding diaryl/α,β-unsaturated/α-hetero) is 1. The van der Waals surface area contributed by atoms with Crippen molar-refractivity contribution in [3.05, 3.63) is 71.5 Å². The molecule has 2 heterocycles. The SMILES string of the molecule is Cc1cc(CC(=O)C2(c3ccc4c(c3)OCO4)CC2)ncc1-c1ccc(S(=O)(=O)N(C)C)cc1. The molecule has 176 valence electrons. The fourth-order valence-corrected chi connectivity index (χ4v) is 5.31. The van der Waals surface area contributed by atoms with Gasteiger partial charge >= 0.3 is 0 Å². The number of pyridine rings is 1. The number of ether oxygens (including phenoxy) is 2. The van der Waals surface area contributed by atoms with Gasteiger partial charge in [0.15, 0.2) is 11.5 Å². The Morgan fingerprint density at radius 3 is 2.38 bits per heavy atom. The van der Waals surface area contributed by atoms with E-state index in [1.54, 1.807) is 30.5 Å². The highest BCUT2D eigenvalue weighted by Gasteiger charge is 2.51. The van der Waals surface area contributed by atoms with Crippen molar-refractivity contribution < 1.29 is 22.7 Å². The molecule has 0 bridgehead atoms. The van der Waals surface area contributed by atoms with E-state index in [2.05, 4.69) is 4.98 Å². The van der Waals surface area contributed by atoms with Crippen molar-refractivity contribution in [3.63, 3.8) is 0 Å². The van der Waals surface area contributed by atoms with Crippen molar-refractivity contribution >= 4 is 15.8 Å². The summed E-state index contributed by atoms with van der Waals surface area (Å²) in [4.78, 5) is 18.1. The van der Waals surface area contributed by atoms with Crippen LogP contribution in [-0.4, -0.2) is 44.4 Å². The largest absolute Gasteiger partial charge is 0.454 e. The summed E-state index contributed by atoms with van der Waals surface area (Å²) in [7, 11) is -0.456. The topological polar surface area (TPSA) is 85.8 Å². The Labute approximate surface area is 199 Å². The summed E-state index contributed by atoms with van der Waals surface area (Å²) in [6.45, 7) is 2.18. The Kier molecular flexibility index (Phi) is 5.45. The third-order valence-electron chi connectivity index (χ3n) is 6.66. The zero-order valence-corrected chi connectivity index (χ0v) is 20.2. The number of carbonyl (C=O) groups is 1. The van der Waals surface area contributed by atoms with Crippen LogP contribution in [-0.2, 0) is 26.7 Å². The van der Waals surface area contributed by atoms with Crippen LogP contribution in [0.4, 0.5) is 0 Å². The van der Waals surface area contributed by atoms with Crippen LogP contribution in [0.1, 0.15) is 29.7 Å². The van der Waals surface area contributed by atoms with Gasteiger partial charge in [-0.05, 0) is 66.8 Å². The molecule has 1 aliphatic carbocycles. The number of benzene rings is 2. The van der Waals surface area contributed by atoms with Crippen molar-refractivity contribution in [1.82, 2.24) is 9.29 Å². The Morgan fingerprint density at radius 1 is 1.03 bits per heavy atom. The van der Waals surface area contributed by atoms with Crippen molar-refractivity contribution in [2.45, 2.75) is 36.5 Å². The Hall–Kier alpha value is -3.23. The van der Waals surface area contributed by atoms with E-state index in [0.717, 1.165) is 40.8 Å². The first-order chi connectivity index (χ1) is 16.2. The molecule has 1 fully saturated rings. The molecule has 2 aromatic carbocycles. The lowest BCUT2D eigenvalue weighted by atomic mass is 9.88. The number of sulfonamides is 1. The summed E-state index contributed by atoms with van der Waals surface area (Å²) in [5.41, 5.74) is 3.99. The maximum atomic E-state index is 13.3. The van der Waals surface area contributed by atoms with E-state index in [-0.39, 0.29) is 23.9 Å². The predicted molar refractivity (Wildman–Crippen MR) is 127 cm³/mol. The molecule has 0 saturated heterocycles. The Bertz CT molecular complexity index is 1380. The lowest BCUT2D eigenvalue weighted by Gasteiger charge is -2.16. The average molecular weight is 479 g/mol. The molecule has 7 nitrogen and oxygen atoms in total. The lowest BCUT2D eigenvalue weighted by Crippen LogP contribution is -2.23. The number of ketones is 1. The Morgan fingerprint density at radius 2 is 1.74 bits per heavy atom. The smallest absolute Gasteiger partial charge is 0.242 e. The molecule has 0 amide bonds. The van der Waals surface area contributed by atoms with E-state index < -0.39 is 15.4 Å². The molecule has 34 heavy (non-hydrogen) atoms. The summed E-state index contributed by atoms with van der Waals surface area (Å²) in [5, 5.41) is 0. The average Bonchev–Trinajstić information content (AvgIpc) is 3.50. The summed E-state index contributed by atoms with van der Waals surface area (Å²) in [5.74, 6) is 1.57. The van der Waals surface area contributed by atoms with Crippen molar-refractivity contribution in [2.75, 3.05) is 20.9 Å². The van der Waals surface area contributed by atoms with Crippen molar-refractivity contribution in [1.29, 1.82) is 0 Å². The molecule has 1 saturated carbocycles. The van der Waals surface area contributed by atoms with Gasteiger partial charge in [-0.3, -0.25) is 9.78 Å². The van der Waals surface area contributed by atoms with Gasteiger partial charge in [-0.2, -0.15) is 0 Å². The van der Waals surface area contributed by atoms with Crippen LogP contribution in [0.3, 0.4) is 0 Å². The highest BCUT2D eigenvalue weighted by Crippen LogP contribution is 2.51. The van der Waals surface area contributed by atoms with Gasteiger partial charge in [0.1, 0.15) is 5.78 Å². The van der Waals surface area contributed by atoms with Gasteiger partial charge in [-0.25, -0.2) is 12.7 Å². The summed E-state index contributed by atoms with van der Waals surface area (Å²) in [6.07, 6.45) is 3.67. The van der Waals surface area contributed by atoms with E-state index in [0.29, 0.717) is 11.5 Å². The molecule has 0 N–H and O–H groups in total. The van der Waals surface area contributed by atoms with E-state index in [4.69, 9.17) is 9.47 Å². The van der Waals surface area contributed by atoms with Gasteiger partial charge in [-0.1, -0.05) is 18.2 Å². The standard InChI is InChI=1S/C26H26N2O5S/c1-17-12-20(27-15-22(17)18-4-7-21(8-5-18)34(30,31)28(2)3)14-25(29)26(10-11-26)19-6-9-23-24(13-19)33-16-32-23/h4-9,12-13,15H,10-11,14,16H2,1-3H3. The van der Waals surface area contributed by atoms with E-state index in [1.165, 1.54) is 18.4 Å². The van der Waals surface area contributed by atoms with Gasteiger partial charge < -0.3 is 9.47 Å². The second-order valence-corrected chi connectivity index (χ2v) is 11.2. The third kappa shape index (κ3) is 3.86. The molecule has 1 aliphatic heterocycles. The van der Waals surface area contributed by atoms with E-state index >= 15 is 0 Å². The molecule has 0 radical (unpaired) electrons. The highest BCUT2D eigenvalue weighted by molar-refractivity contribution is 7.89. The minimum atomic E-state index is -3.48. The van der Waals surface area contributed by atoms with Crippen LogP contribution in [0.5, 0.6) is 11.5 Å². The van der Waals surface area contributed by atoms with E-state index in [9.17, 15) is 13.2 Å². The maximum Gasteiger partial charge on any atom is 0.242 e. The molecular formula is C26H26N2O5S. The monoisotopic (exact) mass is 478 g/mol. The molecule has 5 rings (SSSR count). The van der Waals surface area contributed by atoms with Crippen LogP contribution in [0.15, 0.2) is 59.6 Å². The maximum absolute atomic E-state index is 13.3. The van der Waals surface area contributed by atoms with Gasteiger partial charge in [0.25, 0.3) is 0 Å². The molecule has 0 atom stereocenters. The number of nitrogens with zero attached hydrogens (tertiary/aromatic N) is 2. The van der Waals surface area contributed by atoms with Crippen LogP contribution >= 0.6 is 0 Å². The summed E-state index contributed by atoms with van der Waals surface area (Å²) < 4.78 is 36.7. The molecule has 0 unspecified atom stereocenters. The predicted octanol–water partition coefficient (Wildman–Crippen LogP) is 3.88. The van der Waals surface area contributed by atoms with Crippen LogP contribution in [0, 0.1) is 6.92 Å². The van der Waals surface area contributed by atoms with Crippen LogP contribution < -0.4 is 9.47 Å². The van der Waals surface area contributed by atoms with Crippen molar-refractivity contribution in [3.8, 4) is 22.6 Å². The van der Waals surface area contributed by atoms with Gasteiger partial charge in [0, 0.05) is 38.0 Å². The fourth-order valence-electron chi connectivity index (χ4n) is 4.41.